The first-order chi connectivity index (χ1) is 11.9. The third-order valence-electron chi connectivity index (χ3n) is 3.78. The topological polar surface area (TPSA) is 130 Å². The molecule has 0 unspecified atom stereocenters. The van der Waals surface area contributed by atoms with Gasteiger partial charge in [-0.25, -0.2) is 28.2 Å². The predicted molar refractivity (Wildman–Crippen MR) is 90.1 cm³/mol. The Bertz CT molecular complexity index is 1200. The van der Waals surface area contributed by atoms with E-state index in [-0.39, 0.29) is 4.90 Å². The van der Waals surface area contributed by atoms with Gasteiger partial charge in [0, 0.05) is 17.3 Å². The molecule has 0 saturated carbocycles. The van der Waals surface area contributed by atoms with E-state index in [4.69, 9.17) is 5.14 Å². The quantitative estimate of drug-likeness (QED) is 0.574. The van der Waals surface area contributed by atoms with Crippen molar-refractivity contribution in [2.75, 3.05) is 0 Å². The molecule has 4 aromatic rings. The fourth-order valence-corrected chi connectivity index (χ4v) is 3.03. The lowest BCUT2D eigenvalue weighted by atomic mass is 10.2. The van der Waals surface area contributed by atoms with Crippen molar-refractivity contribution in [2.45, 2.75) is 18.4 Å². The van der Waals surface area contributed by atoms with Gasteiger partial charge in [0.2, 0.25) is 10.0 Å². The van der Waals surface area contributed by atoms with E-state index in [1.165, 1.54) is 12.3 Å². The predicted octanol–water partition coefficient (Wildman–Crippen LogP) is 0.774. The molecule has 0 spiro atoms. The second-order valence-corrected chi connectivity index (χ2v) is 7.15. The van der Waals surface area contributed by atoms with Crippen molar-refractivity contribution in [2.24, 2.45) is 5.14 Å². The molecule has 25 heavy (non-hydrogen) atoms. The van der Waals surface area contributed by atoms with Gasteiger partial charge in [-0.1, -0.05) is 5.21 Å². The Hall–Kier alpha value is -2.98. The number of fused-ring (bicyclic) bond motifs is 3. The minimum atomic E-state index is -3.76. The van der Waals surface area contributed by atoms with Crippen molar-refractivity contribution in [3.63, 3.8) is 0 Å². The zero-order valence-corrected chi connectivity index (χ0v) is 14.0. The van der Waals surface area contributed by atoms with Crippen LogP contribution < -0.4 is 5.14 Å². The molecule has 0 bridgehead atoms. The zero-order chi connectivity index (χ0) is 17.6. The summed E-state index contributed by atoms with van der Waals surface area (Å²) in [6.45, 7) is 2.23. The summed E-state index contributed by atoms with van der Waals surface area (Å²) in [4.78, 5) is 12.8. The molecule has 0 aliphatic carbocycles. The van der Waals surface area contributed by atoms with Crippen molar-refractivity contribution in [3.05, 3.63) is 48.0 Å². The second-order valence-electron chi connectivity index (χ2n) is 5.59. The van der Waals surface area contributed by atoms with E-state index in [1.807, 2.05) is 19.1 Å². The number of aromatic nitrogens is 6. The van der Waals surface area contributed by atoms with Gasteiger partial charge in [-0.05, 0) is 31.2 Å². The number of nitrogens with two attached hydrogens (primary N) is 1. The minimum Gasteiger partial charge on any atom is -0.258 e. The van der Waals surface area contributed by atoms with Crippen LogP contribution in [0.2, 0.25) is 0 Å². The van der Waals surface area contributed by atoms with Crippen LogP contribution in [-0.4, -0.2) is 38.4 Å². The van der Waals surface area contributed by atoms with E-state index in [0.717, 1.165) is 16.6 Å². The van der Waals surface area contributed by atoms with E-state index < -0.39 is 10.0 Å². The van der Waals surface area contributed by atoms with Crippen LogP contribution in [0.15, 0.2) is 41.6 Å². The van der Waals surface area contributed by atoms with Crippen LogP contribution in [-0.2, 0) is 16.6 Å². The summed E-state index contributed by atoms with van der Waals surface area (Å²) in [5, 5.41) is 14.2. The molecule has 9 nitrogen and oxygen atoms in total. The SMILES string of the molecule is Cc1ccc2c(ncc3nnn(Cc4ccc(S(N)(=O)=O)cn4)c32)n1. The largest absolute Gasteiger partial charge is 0.258 e. The molecule has 126 valence electrons. The van der Waals surface area contributed by atoms with E-state index in [0.29, 0.717) is 23.4 Å². The van der Waals surface area contributed by atoms with Gasteiger partial charge in [0.15, 0.2) is 5.65 Å². The summed E-state index contributed by atoms with van der Waals surface area (Å²) in [7, 11) is -3.76. The van der Waals surface area contributed by atoms with Crippen LogP contribution >= 0.6 is 0 Å². The summed E-state index contributed by atoms with van der Waals surface area (Å²) in [6, 6.07) is 6.85. The fourth-order valence-electron chi connectivity index (χ4n) is 2.58. The van der Waals surface area contributed by atoms with Crippen molar-refractivity contribution in [3.8, 4) is 0 Å². The van der Waals surface area contributed by atoms with E-state index in [9.17, 15) is 8.42 Å². The molecular weight excluding hydrogens is 342 g/mol. The minimum absolute atomic E-state index is 0.0333. The number of sulfonamides is 1. The highest BCUT2D eigenvalue weighted by atomic mass is 32.2. The van der Waals surface area contributed by atoms with Crippen LogP contribution in [0.3, 0.4) is 0 Å². The van der Waals surface area contributed by atoms with Crippen LogP contribution in [0.4, 0.5) is 0 Å². The number of aryl methyl sites for hydroxylation is 1. The van der Waals surface area contributed by atoms with Gasteiger partial charge in [-0.3, -0.25) is 4.98 Å². The maximum absolute atomic E-state index is 11.3. The van der Waals surface area contributed by atoms with Crippen LogP contribution in [0, 0.1) is 6.92 Å². The molecule has 0 radical (unpaired) electrons. The lowest BCUT2D eigenvalue weighted by Crippen LogP contribution is -2.13. The molecule has 10 heteroatoms. The third kappa shape index (κ3) is 2.81. The summed E-state index contributed by atoms with van der Waals surface area (Å²) >= 11 is 0. The highest BCUT2D eigenvalue weighted by molar-refractivity contribution is 7.89. The number of pyridine rings is 3. The smallest absolute Gasteiger partial charge is 0.239 e. The first kappa shape index (κ1) is 15.5. The highest BCUT2D eigenvalue weighted by Gasteiger charge is 2.13. The molecule has 0 aromatic carbocycles. The zero-order valence-electron chi connectivity index (χ0n) is 13.2. The fraction of sp³-hybridized carbons (Fsp3) is 0.133. The van der Waals surface area contributed by atoms with E-state index in [1.54, 1.807) is 16.9 Å². The Kier molecular flexibility index (Phi) is 3.44. The van der Waals surface area contributed by atoms with Gasteiger partial charge in [-0.2, -0.15) is 0 Å². The maximum Gasteiger partial charge on any atom is 0.239 e. The molecule has 0 fully saturated rings. The summed E-state index contributed by atoms with van der Waals surface area (Å²) in [5.74, 6) is 0. The van der Waals surface area contributed by atoms with Gasteiger partial charge < -0.3 is 0 Å². The Balaban J connectivity index is 1.79. The molecule has 4 heterocycles. The van der Waals surface area contributed by atoms with E-state index in [2.05, 4.69) is 25.3 Å². The molecule has 0 saturated heterocycles. The Morgan fingerprint density at radius 1 is 1.12 bits per heavy atom. The lowest BCUT2D eigenvalue weighted by molar-refractivity contribution is 0.597. The average Bonchev–Trinajstić information content (AvgIpc) is 2.97. The Morgan fingerprint density at radius 2 is 1.96 bits per heavy atom. The first-order valence-corrected chi connectivity index (χ1v) is 8.90. The molecule has 0 amide bonds. The standard InChI is InChI=1S/C15H13N7O2S/c1-9-2-5-12-14-13(7-18-15(12)19-9)20-21-22(14)8-10-3-4-11(6-17-10)25(16,23)24/h2-7H,8H2,1H3,(H2,16,23,24). The Labute approximate surface area is 142 Å². The van der Waals surface area contributed by atoms with Gasteiger partial charge in [0.05, 0.1) is 18.4 Å². The number of rotatable bonds is 3. The van der Waals surface area contributed by atoms with Gasteiger partial charge >= 0.3 is 0 Å². The van der Waals surface area contributed by atoms with Crippen LogP contribution in [0.1, 0.15) is 11.4 Å². The number of hydrogen-bond donors (Lipinski definition) is 1. The van der Waals surface area contributed by atoms with Crippen molar-refractivity contribution in [1.82, 2.24) is 29.9 Å². The van der Waals surface area contributed by atoms with Gasteiger partial charge in [0.1, 0.15) is 15.9 Å². The molecular formula is C15H13N7O2S. The average molecular weight is 355 g/mol. The second kappa shape index (κ2) is 5.53. The number of hydrogen-bond acceptors (Lipinski definition) is 7. The number of primary sulfonamides is 1. The lowest BCUT2D eigenvalue weighted by Gasteiger charge is -2.05. The summed E-state index contributed by atoms with van der Waals surface area (Å²) in [6.07, 6.45) is 2.86. The molecule has 0 aliphatic heterocycles. The van der Waals surface area contributed by atoms with E-state index >= 15 is 0 Å². The molecule has 0 aliphatic rings. The van der Waals surface area contributed by atoms with Crippen molar-refractivity contribution in [1.29, 1.82) is 0 Å². The molecule has 4 aromatic heterocycles. The van der Waals surface area contributed by atoms with Crippen LogP contribution in [0.5, 0.6) is 0 Å². The van der Waals surface area contributed by atoms with Crippen LogP contribution in [0.25, 0.3) is 22.1 Å². The number of nitrogens with zero attached hydrogens (tertiary/aromatic N) is 6. The van der Waals surface area contributed by atoms with Crippen molar-refractivity contribution >= 4 is 32.1 Å². The van der Waals surface area contributed by atoms with Gasteiger partial charge in [0.25, 0.3) is 0 Å². The van der Waals surface area contributed by atoms with Gasteiger partial charge in [-0.15, -0.1) is 5.10 Å². The maximum atomic E-state index is 11.3. The monoisotopic (exact) mass is 355 g/mol. The summed E-state index contributed by atoms with van der Waals surface area (Å²) < 4.78 is 24.3. The molecule has 4 rings (SSSR count). The molecule has 2 N–H and O–H groups in total. The highest BCUT2D eigenvalue weighted by Crippen LogP contribution is 2.21. The third-order valence-corrected chi connectivity index (χ3v) is 4.68. The van der Waals surface area contributed by atoms with Crippen molar-refractivity contribution < 1.29 is 8.42 Å². The molecule has 0 atom stereocenters. The first-order valence-electron chi connectivity index (χ1n) is 7.35. The Morgan fingerprint density at radius 3 is 2.68 bits per heavy atom. The normalized spacial score (nSPS) is 12.1. The summed E-state index contributed by atoms with van der Waals surface area (Å²) in [5.41, 5.74) is 3.57.